The normalized spacial score (nSPS) is 17.5. The Morgan fingerprint density at radius 3 is 2.78 bits per heavy atom. The maximum Gasteiger partial charge on any atom is 0.162 e. The molecule has 1 aromatic heterocycles. The van der Waals surface area contributed by atoms with Crippen molar-refractivity contribution in [3.05, 3.63) is 17.5 Å². The summed E-state index contributed by atoms with van der Waals surface area (Å²) < 4.78 is 11.1. The Morgan fingerprint density at radius 1 is 1.39 bits per heavy atom. The van der Waals surface area contributed by atoms with Crippen molar-refractivity contribution in [1.82, 2.24) is 10.5 Å². The molecule has 1 aliphatic rings. The third-order valence-electron chi connectivity index (χ3n) is 3.17. The highest BCUT2D eigenvalue weighted by Gasteiger charge is 2.16. The van der Waals surface area contributed by atoms with Crippen molar-refractivity contribution in [2.45, 2.75) is 71.2 Å². The average Bonchev–Trinajstić information content (AvgIpc) is 2.94. The van der Waals surface area contributed by atoms with Crippen LogP contribution in [0.25, 0.3) is 0 Å². The molecule has 2 rings (SSSR count). The van der Waals surface area contributed by atoms with Gasteiger partial charge in [-0.25, -0.2) is 0 Å². The lowest BCUT2D eigenvalue weighted by molar-refractivity contribution is 0.0330. The first kappa shape index (κ1) is 13.6. The molecule has 0 saturated heterocycles. The lowest BCUT2D eigenvalue weighted by Crippen LogP contribution is -2.35. The van der Waals surface area contributed by atoms with E-state index in [4.69, 9.17) is 9.26 Å². The van der Waals surface area contributed by atoms with E-state index in [1.165, 1.54) is 25.7 Å². The molecule has 4 nitrogen and oxygen atoms in total. The molecule has 1 heterocycles. The van der Waals surface area contributed by atoms with Gasteiger partial charge in [0.2, 0.25) is 0 Å². The fourth-order valence-corrected chi connectivity index (χ4v) is 2.12. The van der Waals surface area contributed by atoms with Gasteiger partial charge in [-0.3, -0.25) is 0 Å². The molecule has 18 heavy (non-hydrogen) atoms. The van der Waals surface area contributed by atoms with Crippen molar-refractivity contribution in [3.8, 4) is 0 Å². The molecule has 0 unspecified atom stereocenters. The van der Waals surface area contributed by atoms with E-state index >= 15 is 0 Å². The Hall–Kier alpha value is -0.870. The first-order chi connectivity index (χ1) is 8.53. The smallest absolute Gasteiger partial charge is 0.162 e. The minimum atomic E-state index is 0.0967. The van der Waals surface area contributed by atoms with Crippen molar-refractivity contribution >= 4 is 0 Å². The number of hydrogen-bond acceptors (Lipinski definition) is 4. The van der Waals surface area contributed by atoms with E-state index in [1.54, 1.807) is 0 Å². The monoisotopic (exact) mass is 252 g/mol. The zero-order chi connectivity index (χ0) is 13.0. The zero-order valence-electron chi connectivity index (χ0n) is 11.7. The predicted octanol–water partition coefficient (Wildman–Crippen LogP) is 3.02. The highest BCUT2D eigenvalue weighted by Crippen LogP contribution is 2.22. The van der Waals surface area contributed by atoms with E-state index in [-0.39, 0.29) is 5.54 Å². The topological polar surface area (TPSA) is 47.3 Å². The largest absolute Gasteiger partial charge is 0.370 e. The summed E-state index contributed by atoms with van der Waals surface area (Å²) in [5.74, 6) is 0.826. The molecule has 102 valence electrons. The maximum atomic E-state index is 5.79. The molecule has 1 fully saturated rings. The van der Waals surface area contributed by atoms with Crippen LogP contribution >= 0.6 is 0 Å². The second-order valence-electron chi connectivity index (χ2n) is 6.11. The number of ether oxygens (including phenoxy) is 1. The first-order valence-corrected chi connectivity index (χ1v) is 6.84. The number of nitrogens with zero attached hydrogens (tertiary/aromatic N) is 1. The van der Waals surface area contributed by atoms with Gasteiger partial charge in [0.15, 0.2) is 5.76 Å². The molecule has 0 amide bonds. The van der Waals surface area contributed by atoms with Gasteiger partial charge in [0.05, 0.1) is 11.8 Å². The van der Waals surface area contributed by atoms with Crippen LogP contribution in [0.5, 0.6) is 0 Å². The lowest BCUT2D eigenvalue weighted by atomic mass is 10.1. The molecular formula is C14H24N2O2. The third kappa shape index (κ3) is 4.42. The van der Waals surface area contributed by atoms with Crippen LogP contribution in [0.2, 0.25) is 0 Å². The summed E-state index contributed by atoms with van der Waals surface area (Å²) in [5, 5.41) is 7.43. The standard InChI is InChI=1S/C14H24N2O2/c1-14(2,3)15-9-11-8-13(18-16-11)10-17-12-6-4-5-7-12/h8,12,15H,4-7,9-10H2,1-3H3. The number of aromatic nitrogens is 1. The van der Waals surface area contributed by atoms with Crippen molar-refractivity contribution in [2.24, 2.45) is 0 Å². The number of nitrogens with one attached hydrogen (secondary N) is 1. The van der Waals surface area contributed by atoms with Gasteiger partial charge in [-0.05, 0) is 33.6 Å². The highest BCUT2D eigenvalue weighted by atomic mass is 16.5. The van der Waals surface area contributed by atoms with E-state index in [1.807, 2.05) is 6.07 Å². The first-order valence-electron chi connectivity index (χ1n) is 6.84. The van der Waals surface area contributed by atoms with Gasteiger partial charge in [-0.2, -0.15) is 0 Å². The fraction of sp³-hybridized carbons (Fsp3) is 0.786. The molecule has 0 bridgehead atoms. The molecule has 0 spiro atoms. The van der Waals surface area contributed by atoms with Gasteiger partial charge < -0.3 is 14.6 Å². The summed E-state index contributed by atoms with van der Waals surface area (Å²) in [6.07, 6.45) is 5.38. The van der Waals surface area contributed by atoms with Crippen LogP contribution in [-0.2, 0) is 17.9 Å². The second kappa shape index (κ2) is 5.85. The highest BCUT2D eigenvalue weighted by molar-refractivity contribution is 5.04. The molecular weight excluding hydrogens is 228 g/mol. The van der Waals surface area contributed by atoms with Crippen molar-refractivity contribution in [2.75, 3.05) is 0 Å². The second-order valence-corrected chi connectivity index (χ2v) is 6.11. The van der Waals surface area contributed by atoms with Crippen molar-refractivity contribution in [3.63, 3.8) is 0 Å². The molecule has 1 aromatic rings. The van der Waals surface area contributed by atoms with Crippen LogP contribution in [0.4, 0.5) is 0 Å². The minimum absolute atomic E-state index is 0.0967. The minimum Gasteiger partial charge on any atom is -0.370 e. The van der Waals surface area contributed by atoms with E-state index in [0.29, 0.717) is 12.7 Å². The van der Waals surface area contributed by atoms with Crippen LogP contribution in [0.3, 0.4) is 0 Å². The Labute approximate surface area is 109 Å². The van der Waals surface area contributed by atoms with Crippen LogP contribution in [0.1, 0.15) is 57.9 Å². The van der Waals surface area contributed by atoms with Crippen LogP contribution < -0.4 is 5.32 Å². The summed E-state index contributed by atoms with van der Waals surface area (Å²) >= 11 is 0. The van der Waals surface area contributed by atoms with E-state index in [0.717, 1.165) is 18.0 Å². The molecule has 4 heteroatoms. The van der Waals surface area contributed by atoms with Gasteiger partial charge in [-0.1, -0.05) is 18.0 Å². The third-order valence-corrected chi connectivity index (χ3v) is 3.17. The van der Waals surface area contributed by atoms with Gasteiger partial charge in [0, 0.05) is 18.2 Å². The Balaban J connectivity index is 1.75. The van der Waals surface area contributed by atoms with E-state index < -0.39 is 0 Å². The summed E-state index contributed by atoms with van der Waals surface area (Å²) in [6, 6.07) is 1.98. The Kier molecular flexibility index (Phi) is 4.40. The van der Waals surface area contributed by atoms with Gasteiger partial charge in [-0.15, -0.1) is 0 Å². The van der Waals surface area contributed by atoms with Crippen LogP contribution in [0, 0.1) is 0 Å². The average molecular weight is 252 g/mol. The fourth-order valence-electron chi connectivity index (χ4n) is 2.12. The Bertz CT molecular complexity index is 362. The summed E-state index contributed by atoms with van der Waals surface area (Å²) in [4.78, 5) is 0. The van der Waals surface area contributed by atoms with Gasteiger partial charge in [0.1, 0.15) is 6.61 Å². The van der Waals surface area contributed by atoms with E-state index in [9.17, 15) is 0 Å². The lowest BCUT2D eigenvalue weighted by Gasteiger charge is -2.19. The summed E-state index contributed by atoms with van der Waals surface area (Å²) in [7, 11) is 0. The van der Waals surface area contributed by atoms with Crippen molar-refractivity contribution in [1.29, 1.82) is 0 Å². The van der Waals surface area contributed by atoms with Gasteiger partial charge in [0.25, 0.3) is 0 Å². The summed E-state index contributed by atoms with van der Waals surface area (Å²) in [5.41, 5.74) is 1.04. The molecule has 0 aromatic carbocycles. The van der Waals surface area contributed by atoms with Crippen LogP contribution in [-0.4, -0.2) is 16.8 Å². The number of rotatable bonds is 5. The van der Waals surface area contributed by atoms with Crippen LogP contribution in [0.15, 0.2) is 10.6 Å². The summed E-state index contributed by atoms with van der Waals surface area (Å²) in [6.45, 7) is 7.69. The van der Waals surface area contributed by atoms with E-state index in [2.05, 4.69) is 31.2 Å². The zero-order valence-corrected chi connectivity index (χ0v) is 11.7. The molecule has 1 aliphatic carbocycles. The molecule has 0 radical (unpaired) electrons. The van der Waals surface area contributed by atoms with Gasteiger partial charge >= 0.3 is 0 Å². The molecule has 1 saturated carbocycles. The quantitative estimate of drug-likeness (QED) is 0.875. The Morgan fingerprint density at radius 2 is 2.11 bits per heavy atom. The van der Waals surface area contributed by atoms with Crippen molar-refractivity contribution < 1.29 is 9.26 Å². The SMILES string of the molecule is CC(C)(C)NCc1cc(COC2CCCC2)on1. The maximum absolute atomic E-state index is 5.79. The molecule has 1 N–H and O–H groups in total. The molecule has 0 atom stereocenters. The predicted molar refractivity (Wildman–Crippen MR) is 70.1 cm³/mol. The molecule has 0 aliphatic heterocycles. The number of hydrogen-bond donors (Lipinski definition) is 1.